The van der Waals surface area contributed by atoms with E-state index in [1.165, 1.54) is 13.2 Å². The minimum absolute atomic E-state index is 0.132. The standard InChI is InChI=1S/C21H27NO6/c1-7-14-9-15-12(4)8-18(23)28-17(15)10-16(14)27-13(5)20(24)22-19(11(2)3)21(25)26-6/h8-11,13,19H,7H2,1-6H3,(H,22,24)/t13-,19+/m0/s1. The van der Waals surface area contributed by atoms with Crippen molar-refractivity contribution >= 4 is 22.8 Å². The molecule has 0 bridgehead atoms. The molecule has 1 heterocycles. The van der Waals surface area contributed by atoms with Gasteiger partial charge in [-0.1, -0.05) is 20.8 Å². The van der Waals surface area contributed by atoms with Crippen molar-refractivity contribution in [2.75, 3.05) is 7.11 Å². The van der Waals surface area contributed by atoms with Gasteiger partial charge in [-0.15, -0.1) is 0 Å². The molecule has 0 unspecified atom stereocenters. The lowest BCUT2D eigenvalue weighted by molar-refractivity contribution is -0.147. The number of ether oxygens (including phenoxy) is 2. The van der Waals surface area contributed by atoms with Gasteiger partial charge in [-0.3, -0.25) is 4.79 Å². The van der Waals surface area contributed by atoms with E-state index >= 15 is 0 Å². The monoisotopic (exact) mass is 389 g/mol. The van der Waals surface area contributed by atoms with Crippen LogP contribution in [0.4, 0.5) is 0 Å². The molecular weight excluding hydrogens is 362 g/mol. The van der Waals surface area contributed by atoms with Crippen LogP contribution in [-0.2, 0) is 20.7 Å². The maximum absolute atomic E-state index is 12.5. The zero-order chi connectivity index (χ0) is 21.0. The van der Waals surface area contributed by atoms with Crippen LogP contribution < -0.4 is 15.7 Å². The summed E-state index contributed by atoms with van der Waals surface area (Å²) in [5.41, 5.74) is 1.66. The van der Waals surface area contributed by atoms with Gasteiger partial charge >= 0.3 is 11.6 Å². The topological polar surface area (TPSA) is 94.8 Å². The molecule has 2 atom stereocenters. The predicted octanol–water partition coefficient (Wildman–Crippen LogP) is 2.74. The Labute approximate surface area is 164 Å². The van der Waals surface area contributed by atoms with E-state index in [0.29, 0.717) is 17.8 Å². The molecule has 0 saturated heterocycles. The van der Waals surface area contributed by atoms with E-state index in [1.807, 2.05) is 33.8 Å². The number of rotatable bonds is 7. The van der Waals surface area contributed by atoms with Crippen LogP contribution in [0, 0.1) is 12.8 Å². The predicted molar refractivity (Wildman–Crippen MR) is 105 cm³/mol. The van der Waals surface area contributed by atoms with E-state index in [0.717, 1.165) is 16.5 Å². The van der Waals surface area contributed by atoms with Gasteiger partial charge in [0.15, 0.2) is 6.10 Å². The van der Waals surface area contributed by atoms with Crippen LogP contribution in [0.1, 0.15) is 38.8 Å². The Kier molecular flexibility index (Phi) is 6.83. The molecule has 1 aromatic heterocycles. The highest BCUT2D eigenvalue weighted by molar-refractivity contribution is 5.87. The molecule has 2 aromatic rings. The molecule has 0 aliphatic heterocycles. The Morgan fingerprint density at radius 1 is 1.18 bits per heavy atom. The smallest absolute Gasteiger partial charge is 0.336 e. The SMILES string of the molecule is CCc1cc2c(C)cc(=O)oc2cc1O[C@@H](C)C(=O)N[C@@H](C(=O)OC)C(C)C. The molecule has 1 aromatic carbocycles. The minimum atomic E-state index is -0.856. The van der Waals surface area contributed by atoms with E-state index in [-0.39, 0.29) is 5.92 Å². The summed E-state index contributed by atoms with van der Waals surface area (Å²) in [6.45, 7) is 9.04. The van der Waals surface area contributed by atoms with E-state index < -0.39 is 29.6 Å². The summed E-state index contributed by atoms with van der Waals surface area (Å²) in [5, 5.41) is 3.49. The largest absolute Gasteiger partial charge is 0.480 e. The first-order chi connectivity index (χ1) is 13.2. The van der Waals surface area contributed by atoms with Gasteiger partial charge in [0, 0.05) is 17.5 Å². The molecule has 1 amide bonds. The van der Waals surface area contributed by atoms with Crippen molar-refractivity contribution in [3.8, 4) is 5.75 Å². The van der Waals surface area contributed by atoms with Crippen LogP contribution >= 0.6 is 0 Å². The van der Waals surface area contributed by atoms with Crippen LogP contribution in [0.25, 0.3) is 11.0 Å². The fourth-order valence-corrected chi connectivity index (χ4v) is 2.92. The highest BCUT2D eigenvalue weighted by Gasteiger charge is 2.28. The zero-order valence-electron chi connectivity index (χ0n) is 17.1. The summed E-state index contributed by atoms with van der Waals surface area (Å²) >= 11 is 0. The molecule has 0 spiro atoms. The Morgan fingerprint density at radius 2 is 1.86 bits per heavy atom. The number of hydrogen-bond acceptors (Lipinski definition) is 6. The van der Waals surface area contributed by atoms with Gasteiger partial charge in [-0.2, -0.15) is 0 Å². The lowest BCUT2D eigenvalue weighted by Gasteiger charge is -2.23. The van der Waals surface area contributed by atoms with Crippen molar-refractivity contribution in [3.05, 3.63) is 39.7 Å². The second kappa shape index (κ2) is 8.91. The summed E-state index contributed by atoms with van der Waals surface area (Å²) in [5.74, 6) is -0.608. The molecule has 2 rings (SSSR count). The summed E-state index contributed by atoms with van der Waals surface area (Å²) < 4.78 is 15.9. The van der Waals surface area contributed by atoms with Crippen molar-refractivity contribution in [1.82, 2.24) is 5.32 Å². The minimum Gasteiger partial charge on any atom is -0.480 e. The van der Waals surface area contributed by atoms with Gasteiger partial charge in [0.2, 0.25) is 0 Å². The van der Waals surface area contributed by atoms with Crippen LogP contribution in [0.3, 0.4) is 0 Å². The number of methoxy groups -OCH3 is 1. The summed E-state index contributed by atoms with van der Waals surface area (Å²) in [7, 11) is 1.28. The third-order valence-corrected chi connectivity index (χ3v) is 4.61. The van der Waals surface area contributed by atoms with E-state index in [4.69, 9.17) is 13.9 Å². The van der Waals surface area contributed by atoms with Crippen LogP contribution in [-0.4, -0.2) is 31.1 Å². The molecule has 28 heavy (non-hydrogen) atoms. The van der Waals surface area contributed by atoms with E-state index in [1.54, 1.807) is 13.0 Å². The Hall–Kier alpha value is -2.83. The third-order valence-electron chi connectivity index (χ3n) is 4.61. The maximum Gasteiger partial charge on any atom is 0.336 e. The average Bonchev–Trinajstić information content (AvgIpc) is 2.64. The zero-order valence-corrected chi connectivity index (χ0v) is 17.1. The molecule has 0 radical (unpaired) electrons. The van der Waals surface area contributed by atoms with Crippen molar-refractivity contribution in [2.24, 2.45) is 5.92 Å². The summed E-state index contributed by atoms with van der Waals surface area (Å²) in [4.78, 5) is 36.1. The number of aryl methyl sites for hydroxylation is 2. The number of nitrogens with one attached hydrogen (secondary N) is 1. The normalized spacial score (nSPS) is 13.2. The summed E-state index contributed by atoms with van der Waals surface area (Å²) in [6.07, 6.45) is -0.181. The highest BCUT2D eigenvalue weighted by atomic mass is 16.5. The number of carbonyl (C=O) groups excluding carboxylic acids is 2. The maximum atomic E-state index is 12.5. The average molecular weight is 389 g/mol. The molecule has 0 aliphatic carbocycles. The van der Waals surface area contributed by atoms with Gasteiger partial charge in [-0.05, 0) is 43.4 Å². The quantitative estimate of drug-likeness (QED) is 0.578. The first kappa shape index (κ1) is 21.5. The fraction of sp³-hybridized carbons (Fsp3) is 0.476. The fourth-order valence-electron chi connectivity index (χ4n) is 2.92. The first-order valence-corrected chi connectivity index (χ1v) is 9.30. The Morgan fingerprint density at radius 3 is 2.43 bits per heavy atom. The first-order valence-electron chi connectivity index (χ1n) is 9.30. The molecule has 152 valence electrons. The molecule has 1 N–H and O–H groups in total. The highest BCUT2D eigenvalue weighted by Crippen LogP contribution is 2.28. The second-order valence-electron chi connectivity index (χ2n) is 7.07. The van der Waals surface area contributed by atoms with Crippen molar-refractivity contribution in [3.63, 3.8) is 0 Å². The van der Waals surface area contributed by atoms with Crippen LogP contribution in [0.5, 0.6) is 5.75 Å². The Bertz CT molecular complexity index is 930. The number of fused-ring (bicyclic) bond motifs is 1. The molecular formula is C21H27NO6. The molecule has 0 fully saturated rings. The molecule has 0 aliphatic rings. The van der Waals surface area contributed by atoms with Crippen LogP contribution in [0.2, 0.25) is 0 Å². The van der Waals surface area contributed by atoms with Gasteiger partial charge < -0.3 is 19.2 Å². The van der Waals surface area contributed by atoms with Crippen molar-refractivity contribution < 1.29 is 23.5 Å². The molecule has 7 nitrogen and oxygen atoms in total. The van der Waals surface area contributed by atoms with Crippen LogP contribution in [0.15, 0.2) is 27.4 Å². The van der Waals surface area contributed by atoms with Crippen molar-refractivity contribution in [2.45, 2.75) is 53.2 Å². The summed E-state index contributed by atoms with van der Waals surface area (Å²) in [6, 6.07) is 4.22. The molecule has 7 heteroatoms. The lowest BCUT2D eigenvalue weighted by Crippen LogP contribution is -2.49. The van der Waals surface area contributed by atoms with Gasteiger partial charge in [-0.25, -0.2) is 9.59 Å². The van der Waals surface area contributed by atoms with E-state index in [9.17, 15) is 14.4 Å². The second-order valence-corrected chi connectivity index (χ2v) is 7.07. The number of amides is 1. The number of esters is 1. The number of carbonyl (C=O) groups is 2. The van der Waals surface area contributed by atoms with Gasteiger partial charge in [0.25, 0.3) is 5.91 Å². The third kappa shape index (κ3) is 4.71. The van der Waals surface area contributed by atoms with E-state index in [2.05, 4.69) is 5.32 Å². The molecule has 0 saturated carbocycles. The Balaban J connectivity index is 2.28. The number of benzene rings is 1. The van der Waals surface area contributed by atoms with Gasteiger partial charge in [0.05, 0.1) is 7.11 Å². The van der Waals surface area contributed by atoms with Crippen molar-refractivity contribution in [1.29, 1.82) is 0 Å². The lowest BCUT2D eigenvalue weighted by atomic mass is 10.0. The number of hydrogen-bond donors (Lipinski definition) is 1. The van der Waals surface area contributed by atoms with Gasteiger partial charge in [0.1, 0.15) is 17.4 Å².